The van der Waals surface area contributed by atoms with Gasteiger partial charge in [-0.05, 0) is 61.5 Å². The lowest BCUT2D eigenvalue weighted by molar-refractivity contribution is 0.103. The van der Waals surface area contributed by atoms with Crippen LogP contribution in [0.4, 0.5) is 23.0 Å². The smallest absolute Gasteiger partial charge is 0.265 e. The van der Waals surface area contributed by atoms with Crippen LogP contribution in [0.1, 0.15) is 28.3 Å². The molecule has 0 spiro atoms. The molecule has 7 heteroatoms. The summed E-state index contributed by atoms with van der Waals surface area (Å²) in [6.45, 7) is 4.01. The second-order valence-electron chi connectivity index (χ2n) is 7.66. The number of anilines is 4. The molecular weight excluding hydrogens is 406 g/mol. The van der Waals surface area contributed by atoms with E-state index in [1.165, 1.54) is 24.2 Å². The van der Waals surface area contributed by atoms with Crippen molar-refractivity contribution in [2.24, 2.45) is 0 Å². The van der Waals surface area contributed by atoms with Crippen LogP contribution >= 0.6 is 11.3 Å². The average molecular weight is 430 g/mol. The summed E-state index contributed by atoms with van der Waals surface area (Å²) in [7, 11) is 0. The van der Waals surface area contributed by atoms with Crippen LogP contribution in [-0.2, 0) is 0 Å². The molecule has 2 aromatic heterocycles. The first-order chi connectivity index (χ1) is 15.1. The molecule has 0 unspecified atom stereocenters. The lowest BCUT2D eigenvalue weighted by atomic mass is 10.2. The second-order valence-corrected chi connectivity index (χ2v) is 8.74. The van der Waals surface area contributed by atoms with E-state index in [-0.39, 0.29) is 5.91 Å². The van der Waals surface area contributed by atoms with Crippen molar-refractivity contribution < 1.29 is 4.79 Å². The number of nitrogens with one attached hydrogen (secondary N) is 2. The normalized spacial score (nSPS) is 13.5. The minimum absolute atomic E-state index is 0.0939. The summed E-state index contributed by atoms with van der Waals surface area (Å²) in [6.07, 6.45) is 2.42. The number of aromatic nitrogens is 2. The van der Waals surface area contributed by atoms with E-state index < -0.39 is 0 Å². The zero-order chi connectivity index (χ0) is 21.2. The summed E-state index contributed by atoms with van der Waals surface area (Å²) in [6, 6.07) is 19.6. The van der Waals surface area contributed by atoms with Crippen LogP contribution < -0.4 is 15.5 Å². The van der Waals surface area contributed by atoms with Crippen molar-refractivity contribution in [3.8, 4) is 0 Å². The average Bonchev–Trinajstić information content (AvgIpc) is 3.45. The first kappa shape index (κ1) is 19.5. The number of carbonyl (C=O) groups excluding carboxylic acids is 1. The van der Waals surface area contributed by atoms with Crippen LogP contribution in [0.15, 0.2) is 60.7 Å². The van der Waals surface area contributed by atoms with Crippen LogP contribution in [0.2, 0.25) is 0 Å². The number of nitrogens with zero attached hydrogens (tertiary/aromatic N) is 3. The van der Waals surface area contributed by atoms with Gasteiger partial charge >= 0.3 is 0 Å². The molecule has 6 nitrogen and oxygen atoms in total. The molecular formula is C24H23N5OS. The molecule has 1 aliphatic heterocycles. The number of hydrogen-bond acceptors (Lipinski definition) is 6. The Hall–Kier alpha value is -3.45. The third kappa shape index (κ3) is 4.36. The van der Waals surface area contributed by atoms with Crippen LogP contribution in [0, 0.1) is 6.92 Å². The first-order valence-corrected chi connectivity index (χ1v) is 11.2. The highest BCUT2D eigenvalue weighted by Gasteiger charge is 2.15. The molecule has 0 radical (unpaired) electrons. The Morgan fingerprint density at radius 3 is 2.48 bits per heavy atom. The summed E-state index contributed by atoms with van der Waals surface area (Å²) in [5.41, 5.74) is 1.66. The molecule has 0 saturated carbocycles. The maximum absolute atomic E-state index is 12.6. The maximum atomic E-state index is 12.6. The number of thiophene rings is 1. The Labute approximate surface area is 185 Å². The second kappa shape index (κ2) is 8.35. The topological polar surface area (TPSA) is 70.2 Å². The number of benzene rings is 2. The van der Waals surface area contributed by atoms with E-state index in [9.17, 15) is 4.79 Å². The highest BCUT2D eigenvalue weighted by Crippen LogP contribution is 2.27. The van der Waals surface area contributed by atoms with Crippen molar-refractivity contribution in [1.82, 2.24) is 9.97 Å². The molecule has 0 atom stereocenters. The fourth-order valence-electron chi connectivity index (χ4n) is 3.80. The van der Waals surface area contributed by atoms with E-state index in [0.717, 1.165) is 52.0 Å². The van der Waals surface area contributed by atoms with E-state index in [2.05, 4.69) is 25.5 Å². The van der Waals surface area contributed by atoms with Gasteiger partial charge in [0, 0.05) is 35.2 Å². The van der Waals surface area contributed by atoms with Gasteiger partial charge in [0.1, 0.15) is 17.5 Å². The predicted octanol–water partition coefficient (Wildman–Crippen LogP) is 5.60. The van der Waals surface area contributed by atoms with Crippen LogP contribution in [-0.4, -0.2) is 29.0 Å². The van der Waals surface area contributed by atoms with Crippen molar-refractivity contribution in [2.75, 3.05) is 28.6 Å². The zero-order valence-electron chi connectivity index (χ0n) is 17.3. The van der Waals surface area contributed by atoms with Gasteiger partial charge in [-0.3, -0.25) is 4.79 Å². The van der Waals surface area contributed by atoms with Gasteiger partial charge in [0.15, 0.2) is 0 Å². The Morgan fingerprint density at radius 2 is 1.71 bits per heavy atom. The monoisotopic (exact) mass is 429 g/mol. The van der Waals surface area contributed by atoms with E-state index >= 15 is 0 Å². The summed E-state index contributed by atoms with van der Waals surface area (Å²) in [5, 5.41) is 7.42. The van der Waals surface area contributed by atoms with Crippen molar-refractivity contribution >= 4 is 50.3 Å². The molecule has 1 aliphatic rings. The predicted molar refractivity (Wildman–Crippen MR) is 128 cm³/mol. The van der Waals surface area contributed by atoms with Gasteiger partial charge < -0.3 is 15.5 Å². The number of amides is 1. The van der Waals surface area contributed by atoms with Gasteiger partial charge in [0.25, 0.3) is 5.91 Å². The standard InChI is InChI=1S/C24H23N5OS/c1-16-25-22(15-23(26-16)29-12-4-5-13-29)27-18-8-10-19(11-9-18)28-24(30)21-14-17-6-2-3-7-20(17)31-21/h2-3,6-11,14-15H,4-5,12-13H2,1H3,(H,28,30)(H,25,26,27). The first-order valence-electron chi connectivity index (χ1n) is 10.4. The largest absolute Gasteiger partial charge is 0.356 e. The molecule has 0 bridgehead atoms. The highest BCUT2D eigenvalue weighted by molar-refractivity contribution is 7.20. The lowest BCUT2D eigenvalue weighted by Crippen LogP contribution is -2.19. The van der Waals surface area contributed by atoms with Gasteiger partial charge in [-0.25, -0.2) is 9.97 Å². The highest BCUT2D eigenvalue weighted by atomic mass is 32.1. The molecule has 2 N–H and O–H groups in total. The number of fused-ring (bicyclic) bond motifs is 1. The Morgan fingerprint density at radius 1 is 0.968 bits per heavy atom. The van der Waals surface area contributed by atoms with E-state index in [0.29, 0.717) is 4.88 Å². The van der Waals surface area contributed by atoms with Gasteiger partial charge in [0.05, 0.1) is 4.88 Å². The minimum atomic E-state index is -0.0939. The van der Waals surface area contributed by atoms with Crippen LogP contribution in [0.25, 0.3) is 10.1 Å². The van der Waals surface area contributed by atoms with Crippen molar-refractivity contribution in [2.45, 2.75) is 19.8 Å². The van der Waals surface area contributed by atoms with E-state index in [4.69, 9.17) is 0 Å². The number of hydrogen-bond donors (Lipinski definition) is 2. The fraction of sp³-hybridized carbons (Fsp3) is 0.208. The summed E-state index contributed by atoms with van der Waals surface area (Å²) < 4.78 is 1.11. The molecule has 1 fully saturated rings. The molecule has 4 aromatic rings. The quantitative estimate of drug-likeness (QED) is 0.432. The minimum Gasteiger partial charge on any atom is -0.356 e. The molecule has 5 rings (SSSR count). The van der Waals surface area contributed by atoms with E-state index in [1.807, 2.05) is 67.6 Å². The molecule has 0 aliphatic carbocycles. The summed E-state index contributed by atoms with van der Waals surface area (Å²) in [5.74, 6) is 2.40. The fourth-order valence-corrected chi connectivity index (χ4v) is 4.75. The van der Waals surface area contributed by atoms with Gasteiger partial charge in [-0.1, -0.05) is 18.2 Å². The van der Waals surface area contributed by atoms with Gasteiger partial charge in [-0.2, -0.15) is 0 Å². The Bertz CT molecular complexity index is 1200. The summed E-state index contributed by atoms with van der Waals surface area (Å²) >= 11 is 1.50. The van der Waals surface area contributed by atoms with Gasteiger partial charge in [-0.15, -0.1) is 11.3 Å². The Balaban J connectivity index is 1.27. The van der Waals surface area contributed by atoms with E-state index in [1.54, 1.807) is 0 Å². The number of rotatable bonds is 5. The molecule has 1 saturated heterocycles. The lowest BCUT2D eigenvalue weighted by Gasteiger charge is -2.18. The molecule has 1 amide bonds. The number of carbonyl (C=O) groups is 1. The van der Waals surface area contributed by atoms with Crippen molar-refractivity contribution in [3.05, 3.63) is 71.4 Å². The Kier molecular flexibility index (Phi) is 5.26. The zero-order valence-corrected chi connectivity index (χ0v) is 18.1. The van der Waals surface area contributed by atoms with Crippen LogP contribution in [0.5, 0.6) is 0 Å². The SMILES string of the molecule is Cc1nc(Nc2ccc(NC(=O)c3cc4ccccc4s3)cc2)cc(N2CCCC2)n1. The third-order valence-corrected chi connectivity index (χ3v) is 6.43. The van der Waals surface area contributed by atoms with Gasteiger partial charge in [0.2, 0.25) is 0 Å². The van der Waals surface area contributed by atoms with Crippen LogP contribution in [0.3, 0.4) is 0 Å². The summed E-state index contributed by atoms with van der Waals surface area (Å²) in [4.78, 5) is 24.7. The van der Waals surface area contributed by atoms with Crippen molar-refractivity contribution in [3.63, 3.8) is 0 Å². The molecule has 31 heavy (non-hydrogen) atoms. The molecule has 156 valence electrons. The number of aryl methyl sites for hydroxylation is 1. The maximum Gasteiger partial charge on any atom is 0.265 e. The molecule has 2 aromatic carbocycles. The molecule has 3 heterocycles. The van der Waals surface area contributed by atoms with Crippen molar-refractivity contribution in [1.29, 1.82) is 0 Å². The third-order valence-electron chi connectivity index (χ3n) is 5.32.